The minimum atomic E-state index is 0.624. The Bertz CT molecular complexity index is 612. The molecule has 2 aromatic rings. The van der Waals surface area contributed by atoms with Crippen LogP contribution in [0.15, 0.2) is 30.5 Å². The van der Waals surface area contributed by atoms with Crippen molar-refractivity contribution in [3.05, 3.63) is 35.5 Å². The van der Waals surface area contributed by atoms with Crippen molar-refractivity contribution < 1.29 is 0 Å². The van der Waals surface area contributed by atoms with Crippen molar-refractivity contribution in [2.45, 2.75) is 18.9 Å². The van der Waals surface area contributed by atoms with Crippen LogP contribution in [-0.2, 0) is 0 Å². The van der Waals surface area contributed by atoms with Crippen LogP contribution in [0.2, 0.25) is 5.02 Å². The summed E-state index contributed by atoms with van der Waals surface area (Å²) < 4.78 is 0. The van der Waals surface area contributed by atoms with Gasteiger partial charge in [-0.05, 0) is 51.2 Å². The molecule has 3 nitrogen and oxygen atoms in total. The molecule has 0 saturated carbocycles. The summed E-state index contributed by atoms with van der Waals surface area (Å²) in [5.41, 5.74) is 2.25. The summed E-state index contributed by atoms with van der Waals surface area (Å²) in [6.45, 7) is 2.20. The van der Waals surface area contributed by atoms with Crippen LogP contribution in [0.5, 0.6) is 0 Å². The maximum absolute atomic E-state index is 6.06. The zero-order valence-corrected chi connectivity index (χ0v) is 12.8. The number of fused-ring (bicyclic) bond motifs is 1. The fraction of sp³-hybridized carbons (Fsp3) is 0.438. The van der Waals surface area contributed by atoms with E-state index in [4.69, 9.17) is 11.6 Å². The summed E-state index contributed by atoms with van der Waals surface area (Å²) >= 11 is 6.06. The van der Waals surface area contributed by atoms with Gasteiger partial charge in [0.25, 0.3) is 0 Å². The van der Waals surface area contributed by atoms with E-state index in [9.17, 15) is 0 Å². The molecule has 0 amide bonds. The fourth-order valence-corrected chi connectivity index (χ4v) is 3.14. The van der Waals surface area contributed by atoms with Crippen LogP contribution in [0.4, 0.5) is 5.69 Å². The third-order valence-corrected chi connectivity index (χ3v) is 4.38. The number of benzene rings is 1. The predicted octanol–water partition coefficient (Wildman–Crippen LogP) is 3.42. The first-order valence-corrected chi connectivity index (χ1v) is 7.48. The van der Waals surface area contributed by atoms with E-state index in [-0.39, 0.29) is 0 Å². The lowest BCUT2D eigenvalue weighted by molar-refractivity contribution is 0.258. The number of likely N-dealkylation sites (N-methyl/N-ethyl adjacent to an activating group) is 1. The van der Waals surface area contributed by atoms with E-state index in [2.05, 4.69) is 41.0 Å². The fourth-order valence-electron chi connectivity index (χ4n) is 2.98. The van der Waals surface area contributed by atoms with Gasteiger partial charge in [0.2, 0.25) is 0 Å². The molecule has 0 bridgehead atoms. The second-order valence-corrected chi connectivity index (χ2v) is 6.13. The lowest BCUT2D eigenvalue weighted by atomic mass is 10.0. The summed E-state index contributed by atoms with van der Waals surface area (Å²) in [5, 5.41) is 1.93. The number of hydrogen-bond acceptors (Lipinski definition) is 3. The normalized spacial score (nSPS) is 19.8. The number of aromatic nitrogens is 1. The molecular formula is C16H20ClN3. The lowest BCUT2D eigenvalue weighted by Gasteiger charge is -2.37. The number of anilines is 1. The highest BCUT2D eigenvalue weighted by molar-refractivity contribution is 6.31. The highest BCUT2D eigenvalue weighted by atomic mass is 35.5. The number of nitrogens with zero attached hydrogens (tertiary/aromatic N) is 3. The molecule has 1 aliphatic rings. The molecular weight excluding hydrogens is 270 g/mol. The van der Waals surface area contributed by atoms with Gasteiger partial charge < -0.3 is 9.80 Å². The molecule has 0 aliphatic carbocycles. The van der Waals surface area contributed by atoms with E-state index in [1.165, 1.54) is 23.9 Å². The molecule has 20 heavy (non-hydrogen) atoms. The summed E-state index contributed by atoms with van der Waals surface area (Å²) in [4.78, 5) is 9.23. The van der Waals surface area contributed by atoms with E-state index in [0.717, 1.165) is 23.6 Å². The zero-order valence-electron chi connectivity index (χ0n) is 12.0. The van der Waals surface area contributed by atoms with Crippen molar-refractivity contribution in [1.82, 2.24) is 9.88 Å². The third-order valence-electron chi connectivity index (χ3n) is 4.15. The standard InChI is InChI=1S/C16H20ClN3/c1-19(2)13-4-3-9-20(11-13)16-7-8-18-15-10-12(17)5-6-14(15)16/h5-8,10,13H,3-4,9,11H2,1-2H3. The van der Waals surface area contributed by atoms with Gasteiger partial charge in [0.15, 0.2) is 0 Å². The van der Waals surface area contributed by atoms with Crippen molar-refractivity contribution in [2.24, 2.45) is 0 Å². The van der Waals surface area contributed by atoms with E-state index in [0.29, 0.717) is 6.04 Å². The molecule has 3 rings (SSSR count). The topological polar surface area (TPSA) is 19.4 Å². The first-order chi connectivity index (χ1) is 9.65. The monoisotopic (exact) mass is 289 g/mol. The van der Waals surface area contributed by atoms with Gasteiger partial charge in [-0.2, -0.15) is 0 Å². The van der Waals surface area contributed by atoms with Crippen LogP contribution in [0.25, 0.3) is 10.9 Å². The number of piperidine rings is 1. The molecule has 2 heterocycles. The van der Waals surface area contributed by atoms with Crippen LogP contribution >= 0.6 is 11.6 Å². The van der Waals surface area contributed by atoms with Gasteiger partial charge in [-0.1, -0.05) is 11.6 Å². The average Bonchev–Trinajstić information content (AvgIpc) is 2.46. The highest BCUT2D eigenvalue weighted by Gasteiger charge is 2.22. The van der Waals surface area contributed by atoms with Gasteiger partial charge >= 0.3 is 0 Å². The lowest BCUT2D eigenvalue weighted by Crippen LogP contribution is -2.45. The minimum Gasteiger partial charge on any atom is -0.369 e. The van der Waals surface area contributed by atoms with Gasteiger partial charge in [-0.15, -0.1) is 0 Å². The van der Waals surface area contributed by atoms with Crippen molar-refractivity contribution >= 4 is 28.2 Å². The number of rotatable bonds is 2. The Balaban J connectivity index is 1.97. The Morgan fingerprint density at radius 2 is 2.15 bits per heavy atom. The Morgan fingerprint density at radius 1 is 1.30 bits per heavy atom. The van der Waals surface area contributed by atoms with Crippen LogP contribution in [0.3, 0.4) is 0 Å². The molecule has 0 spiro atoms. The highest BCUT2D eigenvalue weighted by Crippen LogP contribution is 2.29. The van der Waals surface area contributed by atoms with E-state index < -0.39 is 0 Å². The Morgan fingerprint density at radius 3 is 2.95 bits per heavy atom. The Kier molecular flexibility index (Phi) is 3.81. The van der Waals surface area contributed by atoms with Crippen LogP contribution in [0.1, 0.15) is 12.8 Å². The smallest absolute Gasteiger partial charge is 0.0737 e. The molecule has 0 radical (unpaired) electrons. The van der Waals surface area contributed by atoms with Gasteiger partial charge in [0.1, 0.15) is 0 Å². The van der Waals surface area contributed by atoms with Gasteiger partial charge in [0.05, 0.1) is 5.52 Å². The minimum absolute atomic E-state index is 0.624. The molecule has 1 aromatic heterocycles. The Labute approximate surface area is 125 Å². The third kappa shape index (κ3) is 2.60. The zero-order chi connectivity index (χ0) is 14.1. The molecule has 1 aliphatic heterocycles. The largest absolute Gasteiger partial charge is 0.369 e. The average molecular weight is 290 g/mol. The molecule has 1 unspecified atom stereocenters. The number of pyridine rings is 1. The van der Waals surface area contributed by atoms with Crippen molar-refractivity contribution in [2.75, 3.05) is 32.1 Å². The molecule has 0 N–H and O–H groups in total. The molecule has 1 saturated heterocycles. The quantitative estimate of drug-likeness (QED) is 0.844. The van der Waals surface area contributed by atoms with Crippen molar-refractivity contribution in [3.8, 4) is 0 Å². The van der Waals surface area contributed by atoms with Crippen molar-refractivity contribution in [3.63, 3.8) is 0 Å². The molecule has 1 fully saturated rings. The number of hydrogen-bond donors (Lipinski definition) is 0. The van der Waals surface area contributed by atoms with Gasteiger partial charge in [-0.25, -0.2) is 0 Å². The second kappa shape index (κ2) is 5.58. The van der Waals surface area contributed by atoms with Crippen LogP contribution < -0.4 is 4.90 Å². The van der Waals surface area contributed by atoms with Gasteiger partial charge in [-0.3, -0.25) is 4.98 Å². The summed E-state index contributed by atoms with van der Waals surface area (Å²) in [5.74, 6) is 0. The predicted molar refractivity (Wildman–Crippen MR) is 85.7 cm³/mol. The van der Waals surface area contributed by atoms with E-state index in [1.807, 2.05) is 18.3 Å². The molecule has 4 heteroatoms. The van der Waals surface area contributed by atoms with Crippen molar-refractivity contribution in [1.29, 1.82) is 0 Å². The van der Waals surface area contributed by atoms with Crippen LogP contribution in [0, 0.1) is 0 Å². The first-order valence-electron chi connectivity index (χ1n) is 7.11. The molecule has 106 valence electrons. The van der Waals surface area contributed by atoms with Gasteiger partial charge in [0, 0.05) is 41.4 Å². The van der Waals surface area contributed by atoms with Crippen LogP contribution in [-0.4, -0.2) is 43.1 Å². The first kappa shape index (κ1) is 13.7. The number of halogens is 1. The maximum atomic E-state index is 6.06. The second-order valence-electron chi connectivity index (χ2n) is 5.70. The Hall–Kier alpha value is -1.32. The van der Waals surface area contributed by atoms with E-state index >= 15 is 0 Å². The SMILES string of the molecule is CN(C)C1CCCN(c2ccnc3cc(Cl)ccc23)C1. The maximum Gasteiger partial charge on any atom is 0.0737 e. The molecule has 1 aromatic carbocycles. The summed E-state index contributed by atoms with van der Waals surface area (Å²) in [6.07, 6.45) is 4.39. The summed E-state index contributed by atoms with van der Waals surface area (Å²) in [6, 6.07) is 8.71. The summed E-state index contributed by atoms with van der Waals surface area (Å²) in [7, 11) is 4.33. The van der Waals surface area contributed by atoms with E-state index in [1.54, 1.807) is 0 Å². The molecule has 1 atom stereocenters.